The molecule has 0 aromatic carbocycles. The molecule has 0 radical (unpaired) electrons. The molecule has 7 heteroatoms. The second-order valence-electron chi connectivity index (χ2n) is 7.89. The van der Waals surface area contributed by atoms with Gasteiger partial charge in [-0.15, -0.1) is 0 Å². The van der Waals surface area contributed by atoms with Crippen LogP contribution in [-0.2, 0) is 10.4 Å². The lowest BCUT2D eigenvalue weighted by Crippen LogP contribution is -2.15. The zero-order valence-corrected chi connectivity index (χ0v) is 17.2. The molecule has 7 nitrogen and oxygen atoms in total. The van der Waals surface area contributed by atoms with Crippen LogP contribution in [0.3, 0.4) is 0 Å². The summed E-state index contributed by atoms with van der Waals surface area (Å²) in [7, 11) is 1.80. The molecular weight excluding hydrogens is 378 g/mol. The van der Waals surface area contributed by atoms with Gasteiger partial charge >= 0.3 is 0 Å². The fourth-order valence-electron chi connectivity index (χ4n) is 3.04. The van der Waals surface area contributed by atoms with Gasteiger partial charge in [-0.05, 0) is 44.7 Å². The van der Waals surface area contributed by atoms with Gasteiger partial charge in [-0.25, -0.2) is 15.0 Å². The SMILES string of the molecule is CNc1ncc(C#Cc2ccc(C(C)(C)O)cn2)c2cc(NC(=O)C3CC3)ncc12. The highest BCUT2D eigenvalue weighted by molar-refractivity contribution is 5.99. The highest BCUT2D eigenvalue weighted by Crippen LogP contribution is 2.31. The molecule has 0 atom stereocenters. The van der Waals surface area contributed by atoms with Crippen molar-refractivity contribution in [2.45, 2.75) is 32.3 Å². The third-order valence-corrected chi connectivity index (χ3v) is 5.00. The minimum atomic E-state index is -0.948. The van der Waals surface area contributed by atoms with Gasteiger partial charge in [-0.3, -0.25) is 4.79 Å². The predicted octanol–water partition coefficient (Wildman–Crippen LogP) is 3.04. The van der Waals surface area contributed by atoms with Crippen LogP contribution in [0.5, 0.6) is 0 Å². The van der Waals surface area contributed by atoms with E-state index in [0.29, 0.717) is 22.9 Å². The number of amides is 1. The normalized spacial score (nSPS) is 13.5. The summed E-state index contributed by atoms with van der Waals surface area (Å²) in [5.74, 6) is 7.47. The molecule has 0 bridgehead atoms. The molecular formula is C23H23N5O2. The van der Waals surface area contributed by atoms with E-state index in [1.165, 1.54) is 0 Å². The maximum absolute atomic E-state index is 12.1. The molecule has 0 aliphatic heterocycles. The van der Waals surface area contributed by atoms with E-state index in [2.05, 4.69) is 37.4 Å². The second kappa shape index (κ2) is 7.73. The molecule has 0 spiro atoms. The van der Waals surface area contributed by atoms with E-state index in [0.717, 1.165) is 29.2 Å². The number of anilines is 2. The zero-order chi connectivity index (χ0) is 21.3. The lowest BCUT2D eigenvalue weighted by atomic mass is 10.0. The molecule has 1 amide bonds. The van der Waals surface area contributed by atoms with Crippen LogP contribution in [0.1, 0.15) is 43.5 Å². The highest BCUT2D eigenvalue weighted by atomic mass is 16.3. The summed E-state index contributed by atoms with van der Waals surface area (Å²) < 4.78 is 0. The number of fused-ring (bicyclic) bond motifs is 1. The van der Waals surface area contributed by atoms with E-state index in [9.17, 15) is 9.90 Å². The van der Waals surface area contributed by atoms with Crippen LogP contribution in [0.4, 0.5) is 11.6 Å². The minimum absolute atomic E-state index is 0.00785. The van der Waals surface area contributed by atoms with Gasteiger partial charge in [0, 0.05) is 47.9 Å². The van der Waals surface area contributed by atoms with E-state index < -0.39 is 5.60 Å². The Bertz CT molecular complexity index is 1170. The van der Waals surface area contributed by atoms with Crippen molar-refractivity contribution in [1.29, 1.82) is 0 Å². The fourth-order valence-corrected chi connectivity index (χ4v) is 3.04. The number of pyridine rings is 3. The van der Waals surface area contributed by atoms with Crippen LogP contribution in [0.15, 0.2) is 36.8 Å². The Balaban J connectivity index is 1.69. The summed E-state index contributed by atoms with van der Waals surface area (Å²) in [5, 5.41) is 17.7. The van der Waals surface area contributed by atoms with E-state index >= 15 is 0 Å². The molecule has 30 heavy (non-hydrogen) atoms. The van der Waals surface area contributed by atoms with Gasteiger partial charge in [-0.1, -0.05) is 12.0 Å². The van der Waals surface area contributed by atoms with Gasteiger partial charge in [-0.2, -0.15) is 0 Å². The van der Waals surface area contributed by atoms with E-state index in [1.807, 2.05) is 12.1 Å². The van der Waals surface area contributed by atoms with E-state index in [1.54, 1.807) is 45.6 Å². The second-order valence-corrected chi connectivity index (χ2v) is 7.89. The van der Waals surface area contributed by atoms with Crippen molar-refractivity contribution >= 4 is 28.3 Å². The van der Waals surface area contributed by atoms with Gasteiger partial charge in [0.1, 0.15) is 17.3 Å². The van der Waals surface area contributed by atoms with Gasteiger partial charge < -0.3 is 15.7 Å². The van der Waals surface area contributed by atoms with Crippen molar-refractivity contribution in [2.24, 2.45) is 5.92 Å². The number of aliphatic hydroxyl groups is 1. The molecule has 0 unspecified atom stereocenters. The van der Waals surface area contributed by atoms with Crippen molar-refractivity contribution in [2.75, 3.05) is 17.7 Å². The average molecular weight is 401 g/mol. The number of carbonyl (C=O) groups is 1. The standard InChI is InChI=1S/C23H23N5O2/c1-23(2,30)16-7-9-17(25-12-16)8-6-15-11-27-21(24-3)19-13-26-20(10-18(15)19)28-22(29)14-4-5-14/h7,9-14,30H,4-5H2,1-3H3,(H,24,27)(H,26,28,29). The van der Waals surface area contributed by atoms with Crippen LogP contribution < -0.4 is 10.6 Å². The molecule has 3 aromatic rings. The number of aromatic nitrogens is 3. The number of rotatable bonds is 4. The largest absolute Gasteiger partial charge is 0.386 e. The Morgan fingerprint density at radius 3 is 2.53 bits per heavy atom. The van der Waals surface area contributed by atoms with Crippen LogP contribution in [0.25, 0.3) is 10.8 Å². The molecule has 152 valence electrons. The maximum Gasteiger partial charge on any atom is 0.228 e. The Hall–Kier alpha value is -3.50. The van der Waals surface area contributed by atoms with Crippen LogP contribution in [-0.4, -0.2) is 33.0 Å². The number of carbonyl (C=O) groups excluding carboxylic acids is 1. The van der Waals surface area contributed by atoms with Crippen LogP contribution in [0, 0.1) is 17.8 Å². The smallest absolute Gasteiger partial charge is 0.228 e. The lowest BCUT2D eigenvalue weighted by molar-refractivity contribution is -0.117. The average Bonchev–Trinajstić information content (AvgIpc) is 3.57. The van der Waals surface area contributed by atoms with Crippen molar-refractivity contribution < 1.29 is 9.90 Å². The molecule has 1 aliphatic rings. The van der Waals surface area contributed by atoms with Crippen LogP contribution >= 0.6 is 0 Å². The quantitative estimate of drug-likeness (QED) is 0.581. The van der Waals surface area contributed by atoms with Gasteiger partial charge in [0.25, 0.3) is 0 Å². The third kappa shape index (κ3) is 4.24. The first-order chi connectivity index (χ1) is 14.3. The molecule has 1 saturated carbocycles. The van der Waals surface area contributed by atoms with Crippen molar-refractivity contribution in [3.05, 3.63) is 53.6 Å². The minimum Gasteiger partial charge on any atom is -0.386 e. The highest BCUT2D eigenvalue weighted by Gasteiger charge is 2.29. The first kappa shape index (κ1) is 19.8. The molecule has 4 rings (SSSR count). The first-order valence-electron chi connectivity index (χ1n) is 9.83. The van der Waals surface area contributed by atoms with Crippen LogP contribution in [0.2, 0.25) is 0 Å². The Kier molecular flexibility index (Phi) is 5.10. The summed E-state index contributed by atoms with van der Waals surface area (Å²) in [6.45, 7) is 3.42. The number of nitrogens with one attached hydrogen (secondary N) is 2. The maximum atomic E-state index is 12.1. The summed E-state index contributed by atoms with van der Waals surface area (Å²) >= 11 is 0. The van der Waals surface area contributed by atoms with Crippen molar-refractivity contribution in [3.63, 3.8) is 0 Å². The van der Waals surface area contributed by atoms with Gasteiger partial charge in [0.2, 0.25) is 5.91 Å². The Labute approximate surface area is 175 Å². The Morgan fingerprint density at radius 1 is 1.10 bits per heavy atom. The summed E-state index contributed by atoms with van der Waals surface area (Å²) in [4.78, 5) is 25.2. The summed E-state index contributed by atoms with van der Waals surface area (Å²) in [5.41, 5.74) is 1.07. The summed E-state index contributed by atoms with van der Waals surface area (Å²) in [6, 6.07) is 5.42. The molecule has 1 fully saturated rings. The number of nitrogens with zero attached hydrogens (tertiary/aromatic N) is 3. The third-order valence-electron chi connectivity index (χ3n) is 5.00. The van der Waals surface area contributed by atoms with Gasteiger partial charge in [0.05, 0.1) is 11.2 Å². The van der Waals surface area contributed by atoms with E-state index in [4.69, 9.17) is 0 Å². The number of hydrogen-bond donors (Lipinski definition) is 3. The Morgan fingerprint density at radius 2 is 1.90 bits per heavy atom. The van der Waals surface area contributed by atoms with Crippen molar-refractivity contribution in [1.82, 2.24) is 15.0 Å². The predicted molar refractivity (Wildman–Crippen MR) is 116 cm³/mol. The first-order valence-corrected chi connectivity index (χ1v) is 9.83. The number of hydrogen-bond acceptors (Lipinski definition) is 6. The lowest BCUT2D eigenvalue weighted by Gasteiger charge is -2.16. The monoisotopic (exact) mass is 401 g/mol. The molecule has 0 saturated heterocycles. The molecule has 3 aromatic heterocycles. The zero-order valence-electron chi connectivity index (χ0n) is 17.2. The molecule has 3 N–H and O–H groups in total. The topological polar surface area (TPSA) is 100 Å². The molecule has 1 aliphatic carbocycles. The summed E-state index contributed by atoms with van der Waals surface area (Å²) in [6.07, 6.45) is 6.88. The van der Waals surface area contributed by atoms with Gasteiger partial charge in [0.15, 0.2) is 0 Å². The van der Waals surface area contributed by atoms with Crippen molar-refractivity contribution in [3.8, 4) is 11.8 Å². The van der Waals surface area contributed by atoms with E-state index in [-0.39, 0.29) is 11.8 Å². The molecule has 3 heterocycles. The fraction of sp³-hybridized carbons (Fsp3) is 0.304.